The van der Waals surface area contributed by atoms with Crippen LogP contribution in [0.2, 0.25) is 0 Å². The van der Waals surface area contributed by atoms with Crippen LogP contribution in [-0.2, 0) is 6.54 Å². The van der Waals surface area contributed by atoms with Crippen molar-refractivity contribution < 1.29 is 22.6 Å². The van der Waals surface area contributed by atoms with E-state index >= 15 is 0 Å². The highest BCUT2D eigenvalue weighted by Gasteiger charge is 2.29. The maximum atomic E-state index is 12.4. The van der Waals surface area contributed by atoms with E-state index in [-0.39, 0.29) is 11.8 Å². The molecule has 29 heavy (non-hydrogen) atoms. The lowest BCUT2D eigenvalue weighted by Gasteiger charge is -2.12. The van der Waals surface area contributed by atoms with Gasteiger partial charge in [0.25, 0.3) is 0 Å². The van der Waals surface area contributed by atoms with Gasteiger partial charge in [-0.15, -0.1) is 0 Å². The van der Waals surface area contributed by atoms with Gasteiger partial charge in [-0.2, -0.15) is 18.3 Å². The summed E-state index contributed by atoms with van der Waals surface area (Å²) >= 11 is 0. The SMILES string of the molecule is Cc1nc(-c2cn3c(n2)-c2ccc(OCC(F)(F)F)cc2OCC3)n(C(C)C)n1. The van der Waals surface area contributed by atoms with Gasteiger partial charge < -0.3 is 14.0 Å². The lowest BCUT2D eigenvalue weighted by atomic mass is 10.2. The standard InChI is InChI=1S/C19H20F3N5O2/c1-11(2)27-18(23-12(3)25-27)15-9-26-6-7-28-16-8-13(29-10-19(20,21)22)4-5-14(16)17(26)24-15/h4-5,8-9,11H,6-7,10H2,1-3H3. The fraction of sp³-hybridized carbons (Fsp3) is 0.421. The van der Waals surface area contributed by atoms with Crippen molar-refractivity contribution in [2.24, 2.45) is 0 Å². The second kappa shape index (κ2) is 7.09. The monoisotopic (exact) mass is 407 g/mol. The molecule has 1 aliphatic heterocycles. The fourth-order valence-corrected chi connectivity index (χ4v) is 3.19. The molecule has 0 N–H and O–H groups in total. The predicted molar refractivity (Wildman–Crippen MR) is 98.8 cm³/mol. The Morgan fingerprint density at radius 3 is 2.72 bits per heavy atom. The molecule has 1 aliphatic rings. The van der Waals surface area contributed by atoms with E-state index in [9.17, 15) is 13.2 Å². The van der Waals surface area contributed by atoms with E-state index < -0.39 is 12.8 Å². The van der Waals surface area contributed by atoms with E-state index in [2.05, 4.69) is 10.1 Å². The van der Waals surface area contributed by atoms with Gasteiger partial charge in [0.1, 0.15) is 35.4 Å². The summed E-state index contributed by atoms with van der Waals surface area (Å²) in [4.78, 5) is 9.24. The highest BCUT2D eigenvalue weighted by molar-refractivity contribution is 5.69. The molecule has 0 saturated carbocycles. The summed E-state index contributed by atoms with van der Waals surface area (Å²) in [5, 5.41) is 4.43. The molecule has 10 heteroatoms. The van der Waals surface area contributed by atoms with Gasteiger partial charge in [0.2, 0.25) is 0 Å². The summed E-state index contributed by atoms with van der Waals surface area (Å²) in [5.74, 6) is 2.52. The maximum absolute atomic E-state index is 12.4. The number of imidazole rings is 1. The van der Waals surface area contributed by atoms with Gasteiger partial charge in [-0.3, -0.25) is 0 Å². The first-order valence-corrected chi connectivity index (χ1v) is 9.19. The molecular weight excluding hydrogens is 387 g/mol. The Morgan fingerprint density at radius 2 is 2.00 bits per heavy atom. The first-order valence-electron chi connectivity index (χ1n) is 9.19. The number of rotatable bonds is 4. The first kappa shape index (κ1) is 19.3. The third kappa shape index (κ3) is 3.92. The third-order valence-electron chi connectivity index (χ3n) is 4.42. The van der Waals surface area contributed by atoms with Crippen LogP contribution in [0.3, 0.4) is 0 Å². The van der Waals surface area contributed by atoms with Gasteiger partial charge in [0.05, 0.1) is 12.1 Å². The van der Waals surface area contributed by atoms with Crippen molar-refractivity contribution in [1.82, 2.24) is 24.3 Å². The van der Waals surface area contributed by atoms with Crippen molar-refractivity contribution in [2.75, 3.05) is 13.2 Å². The molecule has 0 spiro atoms. The van der Waals surface area contributed by atoms with Crippen LogP contribution >= 0.6 is 0 Å². The minimum absolute atomic E-state index is 0.0940. The van der Waals surface area contributed by atoms with Crippen molar-refractivity contribution in [3.63, 3.8) is 0 Å². The summed E-state index contributed by atoms with van der Waals surface area (Å²) in [6.07, 6.45) is -2.51. The van der Waals surface area contributed by atoms with Crippen LogP contribution in [0.25, 0.3) is 22.9 Å². The molecule has 0 radical (unpaired) electrons. The summed E-state index contributed by atoms with van der Waals surface area (Å²) in [6.45, 7) is 5.41. The normalized spacial score (nSPS) is 13.6. The van der Waals surface area contributed by atoms with Crippen LogP contribution in [0.15, 0.2) is 24.4 Å². The number of benzene rings is 1. The van der Waals surface area contributed by atoms with Gasteiger partial charge in [0, 0.05) is 18.3 Å². The van der Waals surface area contributed by atoms with Crippen molar-refractivity contribution in [3.8, 4) is 34.4 Å². The lowest BCUT2D eigenvalue weighted by Crippen LogP contribution is -2.19. The van der Waals surface area contributed by atoms with Crippen molar-refractivity contribution in [2.45, 2.75) is 39.5 Å². The number of aromatic nitrogens is 5. The molecular formula is C19H20F3N5O2. The molecule has 0 saturated heterocycles. The molecule has 1 aromatic carbocycles. The predicted octanol–water partition coefficient (Wildman–Crippen LogP) is 4.03. The number of halogens is 3. The lowest BCUT2D eigenvalue weighted by molar-refractivity contribution is -0.153. The Hall–Kier alpha value is -3.04. The van der Waals surface area contributed by atoms with Crippen LogP contribution in [-0.4, -0.2) is 43.7 Å². The fourth-order valence-electron chi connectivity index (χ4n) is 3.19. The smallest absolute Gasteiger partial charge is 0.422 e. The average Bonchev–Trinajstić information content (AvgIpc) is 3.19. The van der Waals surface area contributed by atoms with Crippen LogP contribution in [0.4, 0.5) is 13.2 Å². The number of alkyl halides is 3. The number of aryl methyl sites for hydroxylation is 1. The van der Waals surface area contributed by atoms with Gasteiger partial charge in [-0.05, 0) is 32.9 Å². The highest BCUT2D eigenvalue weighted by atomic mass is 19.4. The van der Waals surface area contributed by atoms with Gasteiger partial charge >= 0.3 is 6.18 Å². The first-order chi connectivity index (χ1) is 13.7. The number of nitrogens with zero attached hydrogens (tertiary/aromatic N) is 5. The van der Waals surface area contributed by atoms with Gasteiger partial charge in [0.15, 0.2) is 12.4 Å². The molecule has 0 amide bonds. The molecule has 7 nitrogen and oxygen atoms in total. The Morgan fingerprint density at radius 1 is 1.21 bits per heavy atom. The molecule has 2 aromatic heterocycles. The zero-order valence-corrected chi connectivity index (χ0v) is 16.2. The minimum Gasteiger partial charge on any atom is -0.491 e. The van der Waals surface area contributed by atoms with Crippen LogP contribution < -0.4 is 9.47 Å². The average molecular weight is 407 g/mol. The second-order valence-corrected chi connectivity index (χ2v) is 7.07. The largest absolute Gasteiger partial charge is 0.491 e. The summed E-state index contributed by atoms with van der Waals surface area (Å²) in [7, 11) is 0. The van der Waals surface area contributed by atoms with Gasteiger partial charge in [-0.25, -0.2) is 14.6 Å². The Labute approximate surface area is 165 Å². The van der Waals surface area contributed by atoms with E-state index in [0.717, 1.165) is 0 Å². The molecule has 3 aromatic rings. The maximum Gasteiger partial charge on any atom is 0.422 e. The molecule has 0 unspecified atom stereocenters. The highest BCUT2D eigenvalue weighted by Crippen LogP contribution is 2.36. The second-order valence-electron chi connectivity index (χ2n) is 7.07. The number of fused-ring (bicyclic) bond motifs is 3. The van der Waals surface area contributed by atoms with Crippen molar-refractivity contribution >= 4 is 0 Å². The molecule has 154 valence electrons. The van der Waals surface area contributed by atoms with Crippen LogP contribution in [0.1, 0.15) is 25.7 Å². The van der Waals surface area contributed by atoms with E-state index in [1.54, 1.807) is 6.07 Å². The summed E-state index contributed by atoms with van der Waals surface area (Å²) in [5.41, 5.74) is 1.36. The summed E-state index contributed by atoms with van der Waals surface area (Å²) in [6, 6.07) is 4.73. The van der Waals surface area contributed by atoms with Crippen molar-refractivity contribution in [1.29, 1.82) is 0 Å². The van der Waals surface area contributed by atoms with Gasteiger partial charge in [-0.1, -0.05) is 0 Å². The van der Waals surface area contributed by atoms with E-state index in [1.807, 2.05) is 36.2 Å². The zero-order valence-electron chi connectivity index (χ0n) is 16.2. The van der Waals surface area contributed by atoms with E-state index in [0.29, 0.717) is 47.6 Å². The molecule has 3 heterocycles. The number of hydrogen-bond acceptors (Lipinski definition) is 5. The van der Waals surface area contributed by atoms with Crippen LogP contribution in [0.5, 0.6) is 11.5 Å². The topological polar surface area (TPSA) is 67.0 Å². The van der Waals surface area contributed by atoms with Crippen LogP contribution in [0, 0.1) is 6.92 Å². The van der Waals surface area contributed by atoms with Crippen molar-refractivity contribution in [3.05, 3.63) is 30.2 Å². The minimum atomic E-state index is -4.40. The summed E-state index contributed by atoms with van der Waals surface area (Å²) < 4.78 is 51.6. The molecule has 4 rings (SSSR count). The third-order valence-corrected chi connectivity index (χ3v) is 4.42. The quantitative estimate of drug-likeness (QED) is 0.653. The molecule has 0 atom stereocenters. The number of ether oxygens (including phenoxy) is 2. The molecule has 0 bridgehead atoms. The van der Waals surface area contributed by atoms with E-state index in [1.165, 1.54) is 12.1 Å². The Balaban J connectivity index is 1.71. The molecule has 0 fully saturated rings. The number of hydrogen-bond donors (Lipinski definition) is 0. The molecule has 0 aliphatic carbocycles. The zero-order chi connectivity index (χ0) is 20.8. The van der Waals surface area contributed by atoms with E-state index in [4.69, 9.17) is 14.5 Å². The Kier molecular flexibility index (Phi) is 4.71. The Bertz CT molecular complexity index is 1040.